The number of pyridine rings is 1. The van der Waals surface area contributed by atoms with Crippen molar-refractivity contribution in [2.75, 3.05) is 6.61 Å². The molecule has 0 bridgehead atoms. The number of aliphatic hydroxyl groups is 1. The van der Waals surface area contributed by atoms with E-state index in [1.165, 1.54) is 12.8 Å². The first kappa shape index (κ1) is 14.9. The Morgan fingerprint density at radius 1 is 1.26 bits per heavy atom. The molecule has 1 aliphatic heterocycles. The van der Waals surface area contributed by atoms with Crippen molar-refractivity contribution in [3.63, 3.8) is 0 Å². The number of carbonyl (C=O) groups is 1. The van der Waals surface area contributed by atoms with Gasteiger partial charge in [0.1, 0.15) is 5.82 Å². The fourth-order valence-electron chi connectivity index (χ4n) is 3.46. The lowest BCUT2D eigenvalue weighted by molar-refractivity contribution is 0.0913. The second-order valence-corrected chi connectivity index (χ2v) is 6.97. The van der Waals surface area contributed by atoms with Gasteiger partial charge in [0.05, 0.1) is 5.56 Å². The van der Waals surface area contributed by atoms with Crippen LogP contribution in [0, 0.1) is 11.8 Å². The lowest BCUT2D eigenvalue weighted by Crippen LogP contribution is -2.38. The van der Waals surface area contributed by atoms with Crippen LogP contribution in [-0.4, -0.2) is 41.5 Å². The molecule has 0 unspecified atom stereocenters. The average Bonchev–Trinajstić information content (AvgIpc) is 3.34. The van der Waals surface area contributed by atoms with Gasteiger partial charge >= 0.3 is 0 Å². The number of aliphatic imine (C=N–C) groups is 1. The Kier molecular flexibility index (Phi) is 3.93. The van der Waals surface area contributed by atoms with Crippen molar-refractivity contribution < 1.29 is 9.90 Å². The van der Waals surface area contributed by atoms with Crippen LogP contribution in [0.1, 0.15) is 48.9 Å². The topological polar surface area (TPSA) is 74.6 Å². The number of carbonyl (C=O) groups excluding carboxylic acids is 1. The molecule has 2 saturated carbocycles. The van der Waals surface area contributed by atoms with Gasteiger partial charge < -0.3 is 10.4 Å². The van der Waals surface area contributed by atoms with E-state index in [4.69, 9.17) is 0 Å². The highest BCUT2D eigenvalue weighted by atomic mass is 16.3. The fourth-order valence-corrected chi connectivity index (χ4v) is 3.46. The molecule has 23 heavy (non-hydrogen) atoms. The van der Waals surface area contributed by atoms with Crippen molar-refractivity contribution >= 4 is 30.1 Å². The zero-order valence-electron chi connectivity index (χ0n) is 13.2. The molecule has 119 valence electrons. The average molecular weight is 310 g/mol. The molecule has 2 N–H and O–H groups in total. The largest absolute Gasteiger partial charge is 0.396 e. The minimum atomic E-state index is -0.0546. The van der Waals surface area contributed by atoms with Gasteiger partial charge in [0.25, 0.3) is 5.91 Å². The highest BCUT2D eigenvalue weighted by Gasteiger charge is 2.32. The van der Waals surface area contributed by atoms with E-state index < -0.39 is 0 Å². The molecule has 3 aliphatic rings. The quantitative estimate of drug-likeness (QED) is 0.819. The Hall–Kier alpha value is -1.69. The lowest BCUT2D eigenvalue weighted by Gasteiger charge is -2.27. The Morgan fingerprint density at radius 3 is 2.74 bits per heavy atom. The van der Waals surface area contributed by atoms with Crippen molar-refractivity contribution in [1.82, 2.24) is 10.3 Å². The molecule has 5 nitrogen and oxygen atoms in total. The monoisotopic (exact) mass is 310 g/mol. The van der Waals surface area contributed by atoms with Crippen molar-refractivity contribution in [3.8, 4) is 0 Å². The van der Waals surface area contributed by atoms with Gasteiger partial charge in [0, 0.05) is 18.8 Å². The minimum Gasteiger partial charge on any atom is -0.396 e. The molecule has 0 aromatic carbocycles. The Morgan fingerprint density at radius 2 is 2.04 bits per heavy atom. The fraction of sp³-hybridized carbons (Fsp3) is 0.588. The number of nitrogens with zero attached hydrogens (tertiary/aromatic N) is 2. The predicted octanol–water partition coefficient (Wildman–Crippen LogP) is 1.15. The van der Waals surface area contributed by atoms with Crippen molar-refractivity contribution in [3.05, 3.63) is 17.8 Å². The van der Waals surface area contributed by atoms with Gasteiger partial charge in [0.2, 0.25) is 7.28 Å². The van der Waals surface area contributed by atoms with E-state index >= 15 is 0 Å². The first-order valence-electron chi connectivity index (χ1n) is 8.58. The lowest BCUT2D eigenvalue weighted by atomic mass is 9.66. The summed E-state index contributed by atoms with van der Waals surface area (Å²) in [6.07, 6.45) is 7.90. The van der Waals surface area contributed by atoms with E-state index in [0.29, 0.717) is 17.4 Å². The number of aliphatic hydroxyl groups excluding tert-OH is 1. The minimum absolute atomic E-state index is 0.0546. The molecule has 2 aliphatic carbocycles. The molecule has 1 aromatic rings. The van der Waals surface area contributed by atoms with Crippen molar-refractivity contribution in [2.45, 2.75) is 44.6 Å². The van der Waals surface area contributed by atoms with E-state index in [0.717, 1.165) is 42.6 Å². The summed E-state index contributed by atoms with van der Waals surface area (Å²) in [6.45, 7) is 0.259. The van der Waals surface area contributed by atoms with Gasteiger partial charge in [-0.2, -0.15) is 0 Å². The van der Waals surface area contributed by atoms with Crippen LogP contribution < -0.4 is 10.8 Å². The number of hydrogen-bond acceptors (Lipinski definition) is 4. The number of hydrogen-bond donors (Lipinski definition) is 2. The molecule has 1 amide bonds. The molecule has 4 rings (SSSR count). The standard InChI is InChI=1S/C17H21BN3O2/c22-9-10-1-5-13(6-2-10)20-17(23)12-7-14-16(19-8-12)21-15(18-14)11-3-4-11/h7-8,10-11,13,22H,1-6,9H2,(H,20,23). The van der Waals surface area contributed by atoms with Crippen LogP contribution in [0.3, 0.4) is 0 Å². The molecule has 6 heteroatoms. The molecule has 1 aromatic heterocycles. The zero-order valence-corrected chi connectivity index (χ0v) is 13.2. The van der Waals surface area contributed by atoms with E-state index in [9.17, 15) is 9.90 Å². The highest BCUT2D eigenvalue weighted by Crippen LogP contribution is 2.33. The number of nitrogens with one attached hydrogen (secondary N) is 1. The maximum absolute atomic E-state index is 12.4. The van der Waals surface area contributed by atoms with Gasteiger partial charge in [-0.3, -0.25) is 4.79 Å². The number of aromatic nitrogens is 1. The highest BCUT2D eigenvalue weighted by molar-refractivity contribution is 6.88. The molecule has 1 radical (unpaired) electrons. The second-order valence-electron chi connectivity index (χ2n) is 6.97. The van der Waals surface area contributed by atoms with Gasteiger partial charge in [-0.25, -0.2) is 9.98 Å². The van der Waals surface area contributed by atoms with Crippen LogP contribution in [0.2, 0.25) is 0 Å². The first-order chi connectivity index (χ1) is 11.2. The Labute approximate surface area is 136 Å². The van der Waals surface area contributed by atoms with Gasteiger partial charge in [0.15, 0.2) is 0 Å². The molecule has 0 spiro atoms. The van der Waals surface area contributed by atoms with Crippen LogP contribution in [0.5, 0.6) is 0 Å². The second kappa shape index (κ2) is 6.08. The molecule has 2 fully saturated rings. The summed E-state index contributed by atoms with van der Waals surface area (Å²) < 4.78 is 0. The molecular formula is C17H21BN3O2. The predicted molar refractivity (Wildman–Crippen MR) is 89.7 cm³/mol. The molecular weight excluding hydrogens is 289 g/mol. The van der Waals surface area contributed by atoms with E-state index in [1.54, 1.807) is 6.20 Å². The normalized spacial score (nSPS) is 26.2. The maximum atomic E-state index is 12.4. The van der Waals surface area contributed by atoms with Crippen LogP contribution in [-0.2, 0) is 0 Å². The molecule has 2 heterocycles. The SMILES string of the molecule is O=C(NC1CCC(CO)CC1)c1cnc2c(c1)[B]C(C1CC1)=N2. The summed E-state index contributed by atoms with van der Waals surface area (Å²) in [6, 6.07) is 2.11. The maximum Gasteiger partial charge on any atom is 0.253 e. The number of rotatable bonds is 4. The summed E-state index contributed by atoms with van der Waals surface area (Å²) in [5.74, 6) is 1.69. The van der Waals surface area contributed by atoms with Crippen LogP contribution in [0.25, 0.3) is 0 Å². The third-order valence-electron chi connectivity index (χ3n) is 5.13. The summed E-state index contributed by atoms with van der Waals surface area (Å²) >= 11 is 0. The van der Waals surface area contributed by atoms with Crippen LogP contribution >= 0.6 is 0 Å². The Balaban J connectivity index is 1.38. The summed E-state index contributed by atoms with van der Waals surface area (Å²) in [5.41, 5.74) is 2.69. The van der Waals surface area contributed by atoms with Crippen LogP contribution in [0.4, 0.5) is 5.82 Å². The third kappa shape index (κ3) is 3.18. The first-order valence-corrected chi connectivity index (χ1v) is 8.58. The van der Waals surface area contributed by atoms with E-state index in [1.807, 2.05) is 6.07 Å². The summed E-state index contributed by atoms with van der Waals surface area (Å²) in [7, 11) is 2.07. The smallest absolute Gasteiger partial charge is 0.253 e. The number of amides is 1. The number of fused-ring (bicyclic) bond motifs is 1. The summed E-state index contributed by atoms with van der Waals surface area (Å²) in [4.78, 5) is 21.3. The summed E-state index contributed by atoms with van der Waals surface area (Å²) in [5, 5.41) is 12.3. The van der Waals surface area contributed by atoms with Gasteiger partial charge in [-0.15, -0.1) is 0 Å². The van der Waals surface area contributed by atoms with Crippen molar-refractivity contribution in [1.29, 1.82) is 0 Å². The van der Waals surface area contributed by atoms with Gasteiger partial charge in [-0.1, -0.05) is 0 Å². The molecule has 0 atom stereocenters. The van der Waals surface area contributed by atoms with E-state index in [2.05, 4.69) is 22.6 Å². The van der Waals surface area contributed by atoms with Crippen molar-refractivity contribution in [2.24, 2.45) is 16.8 Å². The molecule has 0 saturated heterocycles. The van der Waals surface area contributed by atoms with Gasteiger partial charge in [-0.05, 0) is 67.5 Å². The third-order valence-corrected chi connectivity index (χ3v) is 5.13. The Bertz CT molecular complexity index is 649. The zero-order chi connectivity index (χ0) is 15.8. The van der Waals surface area contributed by atoms with Crippen LogP contribution in [0.15, 0.2) is 17.3 Å². The van der Waals surface area contributed by atoms with E-state index in [-0.39, 0.29) is 18.6 Å².